The molecule has 80 valence electrons. The van der Waals surface area contributed by atoms with Gasteiger partial charge >= 0.3 is 0 Å². The molecule has 0 aliphatic carbocycles. The fraction of sp³-hybridized carbons (Fsp3) is 0.0769. The van der Waals surface area contributed by atoms with Crippen molar-refractivity contribution < 1.29 is 4.74 Å². The van der Waals surface area contributed by atoms with E-state index in [-0.39, 0.29) is 5.76 Å². The molecular weight excluding hydrogens is 200 g/mol. The summed E-state index contributed by atoms with van der Waals surface area (Å²) < 4.78 is 4.34. The normalized spacial score (nSPS) is 8.19. The summed E-state index contributed by atoms with van der Waals surface area (Å²) in [6, 6.07) is 13.4. The molecule has 0 unspecified atom stereocenters. The number of rotatable bonds is 2. The first kappa shape index (κ1) is 13.5. The van der Waals surface area contributed by atoms with E-state index in [4.69, 9.17) is 10.5 Å². The van der Waals surface area contributed by atoms with Crippen molar-refractivity contribution in [3.63, 3.8) is 0 Å². The Balaban J connectivity index is 0.000000325. The van der Waals surface area contributed by atoms with Crippen LogP contribution in [0.4, 0.5) is 0 Å². The number of nitrogens with zero attached hydrogens (tertiary/aromatic N) is 2. The van der Waals surface area contributed by atoms with Crippen molar-refractivity contribution >= 4 is 6.08 Å². The van der Waals surface area contributed by atoms with Crippen LogP contribution in [0.5, 0.6) is 0 Å². The van der Waals surface area contributed by atoms with Gasteiger partial charge in [0, 0.05) is 6.08 Å². The van der Waals surface area contributed by atoms with Crippen molar-refractivity contribution in [1.29, 1.82) is 10.5 Å². The summed E-state index contributed by atoms with van der Waals surface area (Å²) in [4.78, 5) is 0. The summed E-state index contributed by atoms with van der Waals surface area (Å²) in [5, 5.41) is 16.1. The van der Waals surface area contributed by atoms with Crippen LogP contribution in [0, 0.1) is 22.7 Å². The number of ether oxygens (including phenoxy) is 1. The van der Waals surface area contributed by atoms with Crippen LogP contribution < -0.4 is 0 Å². The van der Waals surface area contributed by atoms with Crippen LogP contribution in [0.3, 0.4) is 0 Å². The Hall–Kier alpha value is -2.52. The van der Waals surface area contributed by atoms with Crippen LogP contribution in [0.15, 0.2) is 48.7 Å². The Bertz CT molecular complexity index is 421. The minimum Gasteiger partial charge on any atom is -0.487 e. The lowest BCUT2D eigenvalue weighted by molar-refractivity contribution is 0.312. The van der Waals surface area contributed by atoms with Crippen molar-refractivity contribution in [2.24, 2.45) is 0 Å². The highest BCUT2D eigenvalue weighted by atomic mass is 16.5. The second-order valence-electron chi connectivity index (χ2n) is 2.61. The van der Waals surface area contributed by atoms with Crippen molar-refractivity contribution in [3.8, 4) is 12.1 Å². The molecule has 0 saturated heterocycles. The maximum atomic E-state index is 8.19. The molecule has 3 nitrogen and oxygen atoms in total. The molecule has 0 saturated carbocycles. The predicted octanol–water partition coefficient (Wildman–Crippen LogP) is 2.89. The average molecular weight is 212 g/mol. The van der Waals surface area contributed by atoms with E-state index < -0.39 is 0 Å². The van der Waals surface area contributed by atoms with E-state index in [1.807, 2.05) is 36.4 Å². The fourth-order valence-corrected chi connectivity index (χ4v) is 0.743. The lowest BCUT2D eigenvalue weighted by Gasteiger charge is -1.86. The van der Waals surface area contributed by atoms with Gasteiger partial charge < -0.3 is 4.74 Å². The monoisotopic (exact) mass is 212 g/mol. The van der Waals surface area contributed by atoms with Gasteiger partial charge in [0.05, 0.1) is 13.2 Å². The molecular formula is C13H12N2O. The molecule has 1 aromatic rings. The Morgan fingerprint density at radius 2 is 1.94 bits per heavy atom. The lowest BCUT2D eigenvalue weighted by atomic mass is 10.2. The second-order valence-corrected chi connectivity index (χ2v) is 2.61. The van der Waals surface area contributed by atoms with Crippen molar-refractivity contribution in [2.45, 2.75) is 0 Å². The molecule has 0 radical (unpaired) electrons. The molecule has 0 N–H and O–H groups in total. The molecule has 3 heteroatoms. The number of hydrogen-bond acceptors (Lipinski definition) is 3. The lowest BCUT2D eigenvalue weighted by Crippen LogP contribution is -1.74. The van der Waals surface area contributed by atoms with Crippen LogP contribution in [0.2, 0.25) is 0 Å². The number of nitriles is 2. The van der Waals surface area contributed by atoms with Crippen molar-refractivity contribution in [2.75, 3.05) is 7.11 Å². The van der Waals surface area contributed by atoms with E-state index in [0.717, 1.165) is 5.56 Å². The summed E-state index contributed by atoms with van der Waals surface area (Å²) in [6.07, 6.45) is 3.25. The summed E-state index contributed by atoms with van der Waals surface area (Å²) in [5.74, 6) is 0.148. The number of methoxy groups -OCH3 is 1. The molecule has 0 fully saturated rings. The summed E-state index contributed by atoms with van der Waals surface area (Å²) in [5.41, 5.74) is 1.06. The minimum atomic E-state index is 0.148. The van der Waals surface area contributed by atoms with E-state index in [1.54, 1.807) is 12.1 Å². The quantitative estimate of drug-likeness (QED) is 0.559. The molecule has 1 aromatic carbocycles. The van der Waals surface area contributed by atoms with Gasteiger partial charge in [-0.05, 0) is 18.2 Å². The number of hydrogen-bond donors (Lipinski definition) is 0. The van der Waals surface area contributed by atoms with Crippen LogP contribution in [0.1, 0.15) is 5.56 Å². The first-order valence-electron chi connectivity index (χ1n) is 4.48. The maximum Gasteiger partial charge on any atom is 0.189 e. The van der Waals surface area contributed by atoms with Crippen LogP contribution in [0.25, 0.3) is 6.08 Å². The van der Waals surface area contributed by atoms with Gasteiger partial charge in [0.1, 0.15) is 6.07 Å². The SMILES string of the molecule is C=C(C#N)OC.N#CC=Cc1ccccc1. The maximum absolute atomic E-state index is 8.19. The predicted molar refractivity (Wildman–Crippen MR) is 62.9 cm³/mol. The number of benzene rings is 1. The zero-order chi connectivity index (χ0) is 12.2. The van der Waals surface area contributed by atoms with E-state index in [0.29, 0.717) is 0 Å². The van der Waals surface area contributed by atoms with Gasteiger partial charge in [-0.2, -0.15) is 10.5 Å². The molecule has 0 spiro atoms. The topological polar surface area (TPSA) is 56.8 Å². The van der Waals surface area contributed by atoms with E-state index >= 15 is 0 Å². The first-order valence-corrected chi connectivity index (χ1v) is 4.48. The van der Waals surface area contributed by atoms with Gasteiger partial charge in [-0.1, -0.05) is 30.3 Å². The zero-order valence-corrected chi connectivity index (χ0v) is 9.05. The van der Waals surface area contributed by atoms with Crippen LogP contribution in [-0.4, -0.2) is 7.11 Å². The first-order chi connectivity index (χ1) is 7.74. The molecule has 1 rings (SSSR count). The largest absolute Gasteiger partial charge is 0.487 e. The summed E-state index contributed by atoms with van der Waals surface area (Å²) in [6.45, 7) is 3.21. The highest BCUT2D eigenvalue weighted by Gasteiger charge is 1.79. The Morgan fingerprint density at radius 1 is 1.31 bits per heavy atom. The summed E-state index contributed by atoms with van der Waals surface area (Å²) >= 11 is 0. The Morgan fingerprint density at radius 3 is 2.31 bits per heavy atom. The van der Waals surface area contributed by atoms with E-state index in [9.17, 15) is 0 Å². The standard InChI is InChI=1S/C9H7N.C4H5NO/c10-8-4-7-9-5-2-1-3-6-9;1-4(3-5)6-2/h1-7H;1H2,2H3. The Kier molecular flexibility index (Phi) is 7.63. The Labute approximate surface area is 95.5 Å². The molecule has 0 atom stereocenters. The molecule has 0 aliphatic rings. The minimum absolute atomic E-state index is 0.148. The molecule has 0 amide bonds. The van der Waals surface area contributed by atoms with Crippen molar-refractivity contribution in [1.82, 2.24) is 0 Å². The highest BCUT2D eigenvalue weighted by molar-refractivity contribution is 5.51. The van der Waals surface area contributed by atoms with Gasteiger partial charge in [0.15, 0.2) is 5.76 Å². The molecule has 0 aromatic heterocycles. The van der Waals surface area contributed by atoms with Crippen LogP contribution >= 0.6 is 0 Å². The van der Waals surface area contributed by atoms with Gasteiger partial charge in [0.2, 0.25) is 0 Å². The van der Waals surface area contributed by atoms with Crippen LogP contribution in [-0.2, 0) is 4.74 Å². The van der Waals surface area contributed by atoms with Gasteiger partial charge in [-0.3, -0.25) is 0 Å². The highest BCUT2D eigenvalue weighted by Crippen LogP contribution is 1.99. The third-order valence-electron chi connectivity index (χ3n) is 1.52. The smallest absolute Gasteiger partial charge is 0.189 e. The third-order valence-corrected chi connectivity index (χ3v) is 1.52. The molecule has 0 heterocycles. The fourth-order valence-electron chi connectivity index (χ4n) is 0.743. The molecule has 0 aliphatic heterocycles. The van der Waals surface area contributed by atoms with Crippen molar-refractivity contribution in [3.05, 3.63) is 54.3 Å². The zero-order valence-electron chi connectivity index (χ0n) is 9.05. The molecule has 16 heavy (non-hydrogen) atoms. The third kappa shape index (κ3) is 6.94. The van der Waals surface area contributed by atoms with Gasteiger partial charge in [-0.25, -0.2) is 0 Å². The average Bonchev–Trinajstić information content (AvgIpc) is 2.37. The number of allylic oxidation sites excluding steroid dienone is 2. The van der Waals surface area contributed by atoms with Gasteiger partial charge in [0.25, 0.3) is 0 Å². The second kappa shape index (κ2) is 9.05. The van der Waals surface area contributed by atoms with E-state index in [1.165, 1.54) is 13.2 Å². The van der Waals surface area contributed by atoms with Gasteiger partial charge in [-0.15, -0.1) is 0 Å². The molecule has 0 bridgehead atoms. The summed E-state index contributed by atoms with van der Waals surface area (Å²) in [7, 11) is 1.41. The van der Waals surface area contributed by atoms with E-state index in [2.05, 4.69) is 11.3 Å².